The van der Waals surface area contributed by atoms with Crippen molar-refractivity contribution in [1.29, 1.82) is 0 Å². The Morgan fingerprint density at radius 3 is 2.62 bits per heavy atom. The van der Waals surface area contributed by atoms with E-state index in [4.69, 9.17) is 0 Å². The molecule has 0 aliphatic heterocycles. The number of rotatable bonds is 3. The Hall–Kier alpha value is -1.05. The minimum absolute atomic E-state index is 0.477. The third kappa shape index (κ3) is 2.97. The van der Waals surface area contributed by atoms with Gasteiger partial charge in [0.1, 0.15) is 5.82 Å². The molecule has 2 nitrogen and oxygen atoms in total. The van der Waals surface area contributed by atoms with Gasteiger partial charge >= 0.3 is 0 Å². The molecule has 1 aromatic rings. The fraction of sp³-hybridized carbons (Fsp3) is 0.643. The summed E-state index contributed by atoms with van der Waals surface area (Å²) in [7, 11) is 0. The van der Waals surface area contributed by atoms with E-state index in [0.29, 0.717) is 5.41 Å². The van der Waals surface area contributed by atoms with Crippen LogP contribution in [0.5, 0.6) is 0 Å². The van der Waals surface area contributed by atoms with Crippen LogP contribution in [0.25, 0.3) is 0 Å². The van der Waals surface area contributed by atoms with E-state index in [0.717, 1.165) is 12.4 Å². The highest BCUT2D eigenvalue weighted by molar-refractivity contribution is 5.35. The monoisotopic (exact) mass is 218 g/mol. The molecule has 0 radical (unpaired) electrons. The molecule has 1 fully saturated rings. The Bertz CT molecular complexity index is 323. The van der Waals surface area contributed by atoms with Crippen LogP contribution in [0.3, 0.4) is 0 Å². The molecule has 0 saturated heterocycles. The lowest BCUT2D eigenvalue weighted by atomic mass is 9.76. The summed E-state index contributed by atoms with van der Waals surface area (Å²) in [5, 5.41) is 3.47. The van der Waals surface area contributed by atoms with Crippen molar-refractivity contribution in [3.63, 3.8) is 0 Å². The summed E-state index contributed by atoms with van der Waals surface area (Å²) < 4.78 is 0. The molecule has 2 heteroatoms. The summed E-state index contributed by atoms with van der Waals surface area (Å²) in [6, 6.07) is 4.18. The van der Waals surface area contributed by atoms with Gasteiger partial charge < -0.3 is 5.32 Å². The molecule has 1 heterocycles. The van der Waals surface area contributed by atoms with Crippen LogP contribution in [0, 0.1) is 12.3 Å². The van der Waals surface area contributed by atoms with Gasteiger partial charge in [0.15, 0.2) is 0 Å². The predicted molar refractivity (Wildman–Crippen MR) is 68.7 cm³/mol. The van der Waals surface area contributed by atoms with Gasteiger partial charge in [-0.25, -0.2) is 4.98 Å². The summed E-state index contributed by atoms with van der Waals surface area (Å²) in [6.07, 6.45) is 8.82. The van der Waals surface area contributed by atoms with Crippen molar-refractivity contribution in [1.82, 2.24) is 4.98 Å². The van der Waals surface area contributed by atoms with Crippen molar-refractivity contribution in [2.24, 2.45) is 5.41 Å². The number of hydrogen-bond donors (Lipinski definition) is 1. The third-order valence-electron chi connectivity index (χ3n) is 3.67. The Balaban J connectivity index is 1.88. The van der Waals surface area contributed by atoms with Crippen LogP contribution >= 0.6 is 0 Å². The maximum Gasteiger partial charge on any atom is 0.125 e. The van der Waals surface area contributed by atoms with E-state index >= 15 is 0 Å². The van der Waals surface area contributed by atoms with Crippen LogP contribution in [0.4, 0.5) is 5.82 Å². The topological polar surface area (TPSA) is 24.9 Å². The lowest BCUT2D eigenvalue weighted by Gasteiger charge is -2.33. The van der Waals surface area contributed by atoms with Gasteiger partial charge in [-0.15, -0.1) is 0 Å². The Morgan fingerprint density at radius 2 is 2.00 bits per heavy atom. The molecule has 0 amide bonds. The second kappa shape index (κ2) is 4.86. The standard InChI is InChI=1S/C14H22N2/c1-12-6-7-13(15-10-12)16-11-14(2)8-4-3-5-9-14/h6-7,10H,3-5,8-9,11H2,1-2H3,(H,15,16). The number of hydrogen-bond acceptors (Lipinski definition) is 2. The van der Waals surface area contributed by atoms with Gasteiger partial charge in [0.25, 0.3) is 0 Å². The Labute approximate surface area is 98.5 Å². The maximum absolute atomic E-state index is 4.38. The molecule has 16 heavy (non-hydrogen) atoms. The van der Waals surface area contributed by atoms with Crippen LogP contribution in [-0.4, -0.2) is 11.5 Å². The first kappa shape index (κ1) is 11.4. The molecule has 0 unspecified atom stereocenters. The zero-order chi connectivity index (χ0) is 11.4. The second-order valence-corrected chi connectivity index (χ2v) is 5.45. The normalized spacial score (nSPS) is 19.4. The Kier molecular flexibility index (Phi) is 3.47. The molecule has 1 aliphatic carbocycles. The zero-order valence-corrected chi connectivity index (χ0v) is 10.4. The van der Waals surface area contributed by atoms with Crippen molar-refractivity contribution >= 4 is 5.82 Å². The lowest BCUT2D eigenvalue weighted by Crippen LogP contribution is -2.29. The average molecular weight is 218 g/mol. The Morgan fingerprint density at radius 1 is 1.25 bits per heavy atom. The fourth-order valence-electron chi connectivity index (χ4n) is 2.46. The van der Waals surface area contributed by atoms with Crippen LogP contribution in [0.2, 0.25) is 0 Å². The first-order chi connectivity index (χ1) is 7.68. The van der Waals surface area contributed by atoms with Crippen molar-refractivity contribution in [3.05, 3.63) is 23.9 Å². The highest BCUT2D eigenvalue weighted by Crippen LogP contribution is 2.35. The van der Waals surface area contributed by atoms with Crippen molar-refractivity contribution in [3.8, 4) is 0 Å². The van der Waals surface area contributed by atoms with Crippen LogP contribution in [-0.2, 0) is 0 Å². The lowest BCUT2D eigenvalue weighted by molar-refractivity contribution is 0.233. The second-order valence-electron chi connectivity index (χ2n) is 5.45. The average Bonchev–Trinajstić information content (AvgIpc) is 2.29. The molecule has 1 N–H and O–H groups in total. The molecule has 1 saturated carbocycles. The molecule has 1 aliphatic rings. The van der Waals surface area contributed by atoms with Gasteiger partial charge in [-0.05, 0) is 36.8 Å². The summed E-state index contributed by atoms with van der Waals surface area (Å²) in [5.74, 6) is 1.01. The van der Waals surface area contributed by atoms with Gasteiger partial charge in [-0.1, -0.05) is 32.3 Å². The molecule has 0 aromatic carbocycles. The van der Waals surface area contributed by atoms with Gasteiger partial charge in [0, 0.05) is 12.7 Å². The van der Waals surface area contributed by atoms with E-state index in [1.54, 1.807) is 0 Å². The largest absolute Gasteiger partial charge is 0.370 e. The van der Waals surface area contributed by atoms with Crippen molar-refractivity contribution < 1.29 is 0 Å². The number of aromatic nitrogens is 1. The first-order valence-corrected chi connectivity index (χ1v) is 6.35. The quantitative estimate of drug-likeness (QED) is 0.835. The summed E-state index contributed by atoms with van der Waals surface area (Å²) in [6.45, 7) is 5.52. The molecule has 0 spiro atoms. The first-order valence-electron chi connectivity index (χ1n) is 6.35. The highest BCUT2D eigenvalue weighted by atomic mass is 15.0. The summed E-state index contributed by atoms with van der Waals surface area (Å²) >= 11 is 0. The molecule has 2 rings (SSSR count). The number of anilines is 1. The summed E-state index contributed by atoms with van der Waals surface area (Å²) in [5.41, 5.74) is 1.69. The number of nitrogens with one attached hydrogen (secondary N) is 1. The fourth-order valence-corrected chi connectivity index (χ4v) is 2.46. The van der Waals surface area contributed by atoms with Crippen molar-refractivity contribution in [2.75, 3.05) is 11.9 Å². The van der Waals surface area contributed by atoms with Gasteiger partial charge in [0.2, 0.25) is 0 Å². The van der Waals surface area contributed by atoms with Crippen LogP contribution in [0.1, 0.15) is 44.6 Å². The van der Waals surface area contributed by atoms with E-state index in [-0.39, 0.29) is 0 Å². The van der Waals surface area contributed by atoms with Gasteiger partial charge in [-0.3, -0.25) is 0 Å². The minimum Gasteiger partial charge on any atom is -0.370 e. The van der Waals surface area contributed by atoms with E-state index in [9.17, 15) is 0 Å². The molecule has 88 valence electrons. The smallest absolute Gasteiger partial charge is 0.125 e. The molecule has 1 aromatic heterocycles. The third-order valence-corrected chi connectivity index (χ3v) is 3.67. The van der Waals surface area contributed by atoms with Crippen LogP contribution in [0.15, 0.2) is 18.3 Å². The molecular weight excluding hydrogens is 196 g/mol. The predicted octanol–water partition coefficient (Wildman–Crippen LogP) is 3.77. The summed E-state index contributed by atoms with van der Waals surface area (Å²) in [4.78, 5) is 4.38. The highest BCUT2D eigenvalue weighted by Gasteiger charge is 2.26. The van der Waals surface area contributed by atoms with E-state index in [2.05, 4.69) is 36.3 Å². The number of nitrogens with zero attached hydrogens (tertiary/aromatic N) is 1. The van der Waals surface area contributed by atoms with E-state index in [1.165, 1.54) is 37.7 Å². The van der Waals surface area contributed by atoms with Gasteiger partial charge in [-0.2, -0.15) is 0 Å². The zero-order valence-electron chi connectivity index (χ0n) is 10.4. The van der Waals surface area contributed by atoms with Gasteiger partial charge in [0.05, 0.1) is 0 Å². The molecule has 0 bridgehead atoms. The SMILES string of the molecule is Cc1ccc(NCC2(C)CCCCC2)nc1. The maximum atomic E-state index is 4.38. The molecule has 0 atom stereocenters. The minimum atomic E-state index is 0.477. The molecular formula is C14H22N2. The van der Waals surface area contributed by atoms with E-state index in [1.807, 2.05) is 6.20 Å². The van der Waals surface area contributed by atoms with E-state index < -0.39 is 0 Å². The van der Waals surface area contributed by atoms with Crippen LogP contribution < -0.4 is 5.32 Å². The number of pyridine rings is 1. The van der Waals surface area contributed by atoms with Crippen molar-refractivity contribution in [2.45, 2.75) is 46.0 Å². The number of aryl methyl sites for hydroxylation is 1.